The largest absolute Gasteiger partial charge is 0.456 e. The Labute approximate surface area is 234 Å². The molecule has 0 saturated heterocycles. The minimum atomic E-state index is 0.883. The van der Waals surface area contributed by atoms with E-state index in [1.807, 2.05) is 25.2 Å². The Morgan fingerprint density at radius 1 is 0.625 bits per heavy atom. The lowest BCUT2D eigenvalue weighted by Gasteiger charge is -2.18. The number of rotatable bonds is 5. The van der Waals surface area contributed by atoms with E-state index in [0.29, 0.717) is 0 Å². The molecule has 0 fully saturated rings. The molecule has 0 spiro atoms. The molecular weight excluding hydrogens is 484 g/mol. The molecule has 0 N–H and O–H groups in total. The molecule has 40 heavy (non-hydrogen) atoms. The molecule has 1 heterocycles. The second kappa shape index (κ2) is 9.87. The van der Waals surface area contributed by atoms with Gasteiger partial charge in [0.2, 0.25) is 0 Å². The third kappa shape index (κ3) is 3.79. The van der Waals surface area contributed by atoms with Crippen molar-refractivity contribution in [2.45, 2.75) is 6.92 Å². The van der Waals surface area contributed by atoms with Crippen molar-refractivity contribution in [3.8, 4) is 22.3 Å². The first-order chi connectivity index (χ1) is 19.8. The van der Waals surface area contributed by atoms with Crippen LogP contribution in [0.25, 0.3) is 71.3 Å². The van der Waals surface area contributed by atoms with Crippen molar-refractivity contribution in [2.75, 3.05) is 0 Å². The molecule has 6 aromatic carbocycles. The van der Waals surface area contributed by atoms with Crippen molar-refractivity contribution in [1.29, 1.82) is 0 Å². The Kier molecular flexibility index (Phi) is 5.91. The van der Waals surface area contributed by atoms with Crippen LogP contribution in [0.1, 0.15) is 12.5 Å². The molecule has 0 saturated carbocycles. The maximum Gasteiger partial charge on any atom is 0.136 e. The van der Waals surface area contributed by atoms with E-state index in [9.17, 15) is 0 Å². The summed E-state index contributed by atoms with van der Waals surface area (Å²) in [7, 11) is 0. The predicted molar refractivity (Wildman–Crippen MR) is 173 cm³/mol. The first-order valence-electron chi connectivity index (χ1n) is 13.7. The Morgan fingerprint density at radius 3 is 1.93 bits per heavy atom. The van der Waals surface area contributed by atoms with Gasteiger partial charge in [0, 0.05) is 10.8 Å². The maximum absolute atomic E-state index is 6.50. The van der Waals surface area contributed by atoms with Crippen LogP contribution in [0.15, 0.2) is 151 Å². The highest BCUT2D eigenvalue weighted by Crippen LogP contribution is 2.46. The average Bonchev–Trinajstić information content (AvgIpc) is 3.38. The minimum absolute atomic E-state index is 0.883. The third-order valence-corrected chi connectivity index (χ3v) is 7.74. The molecule has 0 amide bonds. The van der Waals surface area contributed by atoms with E-state index in [-0.39, 0.29) is 0 Å². The number of furan rings is 1. The van der Waals surface area contributed by atoms with Crippen LogP contribution in [-0.2, 0) is 0 Å². The summed E-state index contributed by atoms with van der Waals surface area (Å²) in [5, 5.41) is 7.24. The fraction of sp³-hybridized carbons (Fsp3) is 0.0256. The number of allylic oxidation sites excluding steroid dienone is 5. The molecule has 7 aromatic rings. The maximum atomic E-state index is 6.50. The van der Waals surface area contributed by atoms with E-state index >= 15 is 0 Å². The highest BCUT2D eigenvalue weighted by atomic mass is 16.3. The van der Waals surface area contributed by atoms with Crippen LogP contribution in [0.3, 0.4) is 0 Å². The van der Waals surface area contributed by atoms with Crippen LogP contribution in [0.4, 0.5) is 0 Å². The van der Waals surface area contributed by atoms with Gasteiger partial charge in [0.05, 0.1) is 0 Å². The summed E-state index contributed by atoms with van der Waals surface area (Å²) in [4.78, 5) is 0. The van der Waals surface area contributed by atoms with E-state index in [4.69, 9.17) is 4.42 Å². The molecule has 190 valence electrons. The molecular formula is C39H28O. The van der Waals surface area contributed by atoms with E-state index in [2.05, 4.69) is 128 Å². The Balaban J connectivity index is 1.58. The molecule has 0 aliphatic rings. The van der Waals surface area contributed by atoms with Crippen molar-refractivity contribution in [3.63, 3.8) is 0 Å². The fourth-order valence-corrected chi connectivity index (χ4v) is 6.10. The van der Waals surface area contributed by atoms with Crippen molar-refractivity contribution >= 4 is 49.1 Å². The SMILES string of the molecule is C=C/C=C(\C=C/C)c1ccc2c(c1)oc1cccc(-c3c4ccccc4c(-c4ccccc4)c4ccccc34)c12. The normalized spacial score (nSPS) is 12.3. The van der Waals surface area contributed by atoms with Gasteiger partial charge >= 0.3 is 0 Å². The monoisotopic (exact) mass is 512 g/mol. The summed E-state index contributed by atoms with van der Waals surface area (Å²) in [6.45, 7) is 5.92. The summed E-state index contributed by atoms with van der Waals surface area (Å²) in [6.07, 6.45) is 8.00. The van der Waals surface area contributed by atoms with Gasteiger partial charge in [-0.3, -0.25) is 0 Å². The Bertz CT molecular complexity index is 2060. The molecule has 0 unspecified atom stereocenters. The lowest BCUT2D eigenvalue weighted by Crippen LogP contribution is -1.91. The molecule has 7 rings (SSSR count). The summed E-state index contributed by atoms with van der Waals surface area (Å²) < 4.78 is 6.50. The summed E-state index contributed by atoms with van der Waals surface area (Å²) in [5.74, 6) is 0. The van der Waals surface area contributed by atoms with E-state index in [1.54, 1.807) is 0 Å². The lowest BCUT2D eigenvalue weighted by molar-refractivity contribution is 0.669. The van der Waals surface area contributed by atoms with Crippen LogP contribution < -0.4 is 0 Å². The zero-order chi connectivity index (χ0) is 27.1. The second-order valence-corrected chi connectivity index (χ2v) is 10.1. The molecule has 0 atom stereocenters. The van der Waals surface area contributed by atoms with Crippen LogP contribution in [0, 0.1) is 0 Å². The summed E-state index contributed by atoms with van der Waals surface area (Å²) >= 11 is 0. The van der Waals surface area contributed by atoms with Crippen LogP contribution >= 0.6 is 0 Å². The second-order valence-electron chi connectivity index (χ2n) is 10.1. The Hall–Kier alpha value is -5.14. The summed E-state index contributed by atoms with van der Waals surface area (Å²) in [5.41, 5.74) is 8.91. The zero-order valence-electron chi connectivity index (χ0n) is 22.4. The van der Waals surface area contributed by atoms with Gasteiger partial charge in [-0.15, -0.1) is 0 Å². The first kappa shape index (κ1) is 23.9. The van der Waals surface area contributed by atoms with E-state index in [0.717, 1.165) is 33.1 Å². The third-order valence-electron chi connectivity index (χ3n) is 7.74. The molecule has 1 nitrogen and oxygen atoms in total. The van der Waals surface area contributed by atoms with Crippen molar-refractivity contribution < 1.29 is 4.42 Å². The highest BCUT2D eigenvalue weighted by molar-refractivity contribution is 6.25. The van der Waals surface area contributed by atoms with Crippen molar-refractivity contribution in [1.82, 2.24) is 0 Å². The summed E-state index contributed by atoms with van der Waals surface area (Å²) in [6, 6.07) is 41.3. The molecule has 0 aliphatic carbocycles. The number of hydrogen-bond acceptors (Lipinski definition) is 1. The topological polar surface area (TPSA) is 13.1 Å². The van der Waals surface area contributed by atoms with Gasteiger partial charge in [-0.05, 0) is 80.1 Å². The number of fused-ring (bicyclic) bond motifs is 5. The minimum Gasteiger partial charge on any atom is -0.456 e. The van der Waals surface area contributed by atoms with Crippen LogP contribution in [0.5, 0.6) is 0 Å². The first-order valence-corrected chi connectivity index (χ1v) is 13.7. The smallest absolute Gasteiger partial charge is 0.136 e. The van der Waals surface area contributed by atoms with Gasteiger partial charge in [0.1, 0.15) is 11.2 Å². The van der Waals surface area contributed by atoms with Gasteiger partial charge in [0.15, 0.2) is 0 Å². The van der Waals surface area contributed by atoms with Gasteiger partial charge in [0.25, 0.3) is 0 Å². The van der Waals surface area contributed by atoms with E-state index < -0.39 is 0 Å². The van der Waals surface area contributed by atoms with Crippen molar-refractivity contribution in [2.24, 2.45) is 0 Å². The molecule has 0 aliphatic heterocycles. The standard InChI is InChI=1S/C39H28O/c1-3-13-26(14-4-2)28-23-24-33-36(25-28)40-35-22-12-21-34(39(33)35)38-31-19-10-8-17-29(31)37(27-15-6-5-7-16-27)30-18-9-11-20-32(30)38/h3-25H,1H2,2H3/b14-4-,26-13+. The highest BCUT2D eigenvalue weighted by Gasteiger charge is 2.20. The van der Waals surface area contributed by atoms with Gasteiger partial charge < -0.3 is 4.42 Å². The van der Waals surface area contributed by atoms with Crippen molar-refractivity contribution in [3.05, 3.63) is 152 Å². The van der Waals surface area contributed by atoms with Gasteiger partial charge in [-0.25, -0.2) is 0 Å². The molecule has 0 radical (unpaired) electrons. The molecule has 1 heteroatoms. The van der Waals surface area contributed by atoms with Gasteiger partial charge in [-0.2, -0.15) is 0 Å². The van der Waals surface area contributed by atoms with Gasteiger partial charge in [-0.1, -0.05) is 128 Å². The van der Waals surface area contributed by atoms with Crippen LogP contribution in [-0.4, -0.2) is 0 Å². The molecule has 1 aromatic heterocycles. The lowest BCUT2D eigenvalue weighted by atomic mass is 9.85. The Morgan fingerprint density at radius 2 is 1.27 bits per heavy atom. The van der Waals surface area contributed by atoms with E-state index in [1.165, 1.54) is 43.8 Å². The fourth-order valence-electron chi connectivity index (χ4n) is 6.10. The zero-order valence-corrected chi connectivity index (χ0v) is 22.4. The number of hydrogen-bond donors (Lipinski definition) is 0. The predicted octanol–water partition coefficient (Wildman–Crippen LogP) is 11.4. The van der Waals surface area contributed by atoms with Crippen LogP contribution in [0.2, 0.25) is 0 Å². The molecule has 0 bridgehead atoms. The number of benzene rings is 6. The quantitative estimate of drug-likeness (QED) is 0.165. The average molecular weight is 513 g/mol.